The van der Waals surface area contributed by atoms with Crippen molar-refractivity contribution in [3.63, 3.8) is 0 Å². The molecule has 0 heterocycles. The molecule has 0 amide bonds. The van der Waals surface area contributed by atoms with Crippen LogP contribution in [-0.2, 0) is 16.0 Å². The number of hydrogen-bond acceptors (Lipinski definition) is 5. The first-order chi connectivity index (χ1) is 8.45. The molecule has 1 aromatic carbocycles. The normalized spacial score (nSPS) is 10.4. The Hall–Kier alpha value is -2.05. The number of anilines is 2. The molecule has 0 aliphatic heterocycles. The molecule has 100 valence electrons. The van der Waals surface area contributed by atoms with Gasteiger partial charge in [-0.3, -0.25) is 4.79 Å². The number of ether oxygens (including phenoxy) is 2. The van der Waals surface area contributed by atoms with Crippen molar-refractivity contribution in [3.05, 3.63) is 17.7 Å². The van der Waals surface area contributed by atoms with Gasteiger partial charge in [0.15, 0.2) is 0 Å². The van der Waals surface area contributed by atoms with E-state index in [0.717, 1.165) is 0 Å². The maximum atomic E-state index is 12.1. The number of nitrogen functional groups attached to an aromatic ring is 2. The van der Waals surface area contributed by atoms with E-state index in [1.165, 1.54) is 12.1 Å². The molecule has 18 heavy (non-hydrogen) atoms. The predicted octanol–water partition coefficient (Wildman–Crippen LogP) is 1.56. The fraction of sp³-hybridized carbons (Fsp3) is 0.364. The minimum Gasteiger partial charge on any atom is -0.466 e. The van der Waals surface area contributed by atoms with Crippen LogP contribution >= 0.6 is 0 Å². The highest BCUT2D eigenvalue weighted by molar-refractivity contribution is 5.80. The maximum Gasteiger partial charge on any atom is 0.387 e. The van der Waals surface area contributed by atoms with Crippen molar-refractivity contribution >= 4 is 17.3 Å². The lowest BCUT2D eigenvalue weighted by atomic mass is 10.1. The topological polar surface area (TPSA) is 87.6 Å². The Bertz CT molecular complexity index is 439. The van der Waals surface area contributed by atoms with Crippen LogP contribution in [0.25, 0.3) is 0 Å². The van der Waals surface area contributed by atoms with Gasteiger partial charge in [0.1, 0.15) is 5.75 Å². The number of hydrogen-bond donors (Lipinski definition) is 2. The van der Waals surface area contributed by atoms with E-state index < -0.39 is 12.6 Å². The first-order valence-electron chi connectivity index (χ1n) is 5.23. The van der Waals surface area contributed by atoms with Crippen molar-refractivity contribution < 1.29 is 23.0 Å². The second kappa shape index (κ2) is 6.04. The summed E-state index contributed by atoms with van der Waals surface area (Å²) < 4.78 is 33.2. The summed E-state index contributed by atoms with van der Waals surface area (Å²) in [5.41, 5.74) is 11.6. The van der Waals surface area contributed by atoms with Crippen LogP contribution in [0.15, 0.2) is 12.1 Å². The Kier molecular flexibility index (Phi) is 4.70. The van der Waals surface area contributed by atoms with Gasteiger partial charge in [-0.15, -0.1) is 0 Å². The monoisotopic (exact) mass is 260 g/mol. The molecule has 0 aliphatic carbocycles. The lowest BCUT2D eigenvalue weighted by Gasteiger charge is -2.13. The molecule has 5 nitrogen and oxygen atoms in total. The second-order valence-electron chi connectivity index (χ2n) is 3.41. The van der Waals surface area contributed by atoms with E-state index in [-0.39, 0.29) is 35.7 Å². The molecule has 0 unspecified atom stereocenters. The molecule has 7 heteroatoms. The van der Waals surface area contributed by atoms with Crippen LogP contribution in [0.4, 0.5) is 20.2 Å². The van der Waals surface area contributed by atoms with E-state index >= 15 is 0 Å². The summed E-state index contributed by atoms with van der Waals surface area (Å²) in [6.07, 6.45) is -0.189. The van der Waals surface area contributed by atoms with Crippen molar-refractivity contribution in [3.8, 4) is 5.75 Å². The molecule has 0 spiro atoms. The van der Waals surface area contributed by atoms with Crippen LogP contribution < -0.4 is 16.2 Å². The number of esters is 1. The molecule has 0 radical (unpaired) electrons. The van der Waals surface area contributed by atoms with E-state index in [0.29, 0.717) is 0 Å². The van der Waals surface area contributed by atoms with Gasteiger partial charge < -0.3 is 20.9 Å². The van der Waals surface area contributed by atoms with Crippen molar-refractivity contribution in [2.24, 2.45) is 0 Å². The number of alkyl halides is 2. The minimum atomic E-state index is -2.99. The van der Waals surface area contributed by atoms with Crippen LogP contribution in [0.2, 0.25) is 0 Å². The van der Waals surface area contributed by atoms with Crippen molar-refractivity contribution in [1.82, 2.24) is 0 Å². The smallest absolute Gasteiger partial charge is 0.387 e. The number of carbonyl (C=O) groups is 1. The summed E-state index contributed by atoms with van der Waals surface area (Å²) >= 11 is 0. The van der Waals surface area contributed by atoms with E-state index in [9.17, 15) is 13.6 Å². The van der Waals surface area contributed by atoms with Crippen LogP contribution in [0.5, 0.6) is 5.75 Å². The van der Waals surface area contributed by atoms with Gasteiger partial charge in [-0.05, 0) is 19.1 Å². The SMILES string of the molecule is CCOC(=O)Cc1c(N)ccc(OC(F)F)c1N. The first kappa shape index (κ1) is 14.0. The fourth-order valence-electron chi connectivity index (χ4n) is 1.41. The summed E-state index contributed by atoms with van der Waals surface area (Å²) in [5, 5.41) is 0. The van der Waals surface area contributed by atoms with Gasteiger partial charge in [0.2, 0.25) is 0 Å². The molecule has 0 atom stereocenters. The predicted molar refractivity (Wildman–Crippen MR) is 62.2 cm³/mol. The zero-order chi connectivity index (χ0) is 13.7. The molecule has 0 aliphatic rings. The molecule has 1 rings (SSSR count). The standard InChI is InChI=1S/C11H14F2N2O3/c1-2-17-9(16)5-6-7(14)3-4-8(10(6)15)18-11(12)13/h3-4,11H,2,5,14-15H2,1H3. The molecular weight excluding hydrogens is 246 g/mol. The second-order valence-corrected chi connectivity index (χ2v) is 3.41. The van der Waals surface area contributed by atoms with Gasteiger partial charge in [0.25, 0.3) is 0 Å². The molecule has 0 aromatic heterocycles. The Morgan fingerprint density at radius 2 is 2.06 bits per heavy atom. The summed E-state index contributed by atoms with van der Waals surface area (Å²) in [6, 6.07) is 2.58. The third-order valence-electron chi connectivity index (χ3n) is 2.20. The highest BCUT2D eigenvalue weighted by Crippen LogP contribution is 2.31. The van der Waals surface area contributed by atoms with Crippen molar-refractivity contribution in [2.75, 3.05) is 18.1 Å². The Morgan fingerprint density at radius 1 is 1.39 bits per heavy atom. The molecule has 4 N–H and O–H groups in total. The average Bonchev–Trinajstić information content (AvgIpc) is 2.28. The van der Waals surface area contributed by atoms with Gasteiger partial charge >= 0.3 is 12.6 Å². The largest absolute Gasteiger partial charge is 0.466 e. The highest BCUT2D eigenvalue weighted by Gasteiger charge is 2.16. The first-order valence-corrected chi connectivity index (χ1v) is 5.23. The van der Waals surface area contributed by atoms with Gasteiger partial charge in [-0.25, -0.2) is 0 Å². The van der Waals surface area contributed by atoms with Gasteiger partial charge in [0, 0.05) is 11.3 Å². The lowest BCUT2D eigenvalue weighted by molar-refractivity contribution is -0.142. The summed E-state index contributed by atoms with van der Waals surface area (Å²) in [4.78, 5) is 11.3. The summed E-state index contributed by atoms with van der Waals surface area (Å²) in [7, 11) is 0. The number of rotatable bonds is 5. The quantitative estimate of drug-likeness (QED) is 0.619. The average molecular weight is 260 g/mol. The summed E-state index contributed by atoms with van der Waals surface area (Å²) in [5.74, 6) is -0.747. The molecule has 0 bridgehead atoms. The molecular formula is C11H14F2N2O3. The Morgan fingerprint density at radius 3 is 2.61 bits per heavy atom. The van der Waals surface area contributed by atoms with Crippen LogP contribution in [0.1, 0.15) is 12.5 Å². The highest BCUT2D eigenvalue weighted by atomic mass is 19.3. The van der Waals surface area contributed by atoms with E-state index in [4.69, 9.17) is 16.2 Å². The third kappa shape index (κ3) is 3.47. The number of nitrogens with two attached hydrogens (primary N) is 2. The summed E-state index contributed by atoms with van der Waals surface area (Å²) in [6.45, 7) is -1.13. The van der Waals surface area contributed by atoms with E-state index in [1.54, 1.807) is 6.92 Å². The zero-order valence-electron chi connectivity index (χ0n) is 9.78. The Balaban J connectivity index is 2.99. The maximum absolute atomic E-state index is 12.1. The van der Waals surface area contributed by atoms with Gasteiger partial charge in [-0.1, -0.05) is 0 Å². The van der Waals surface area contributed by atoms with E-state index in [2.05, 4.69) is 4.74 Å². The van der Waals surface area contributed by atoms with Gasteiger partial charge in [-0.2, -0.15) is 8.78 Å². The van der Waals surface area contributed by atoms with Crippen molar-refractivity contribution in [1.29, 1.82) is 0 Å². The molecule has 0 saturated carbocycles. The molecule has 0 saturated heterocycles. The van der Waals surface area contributed by atoms with Crippen LogP contribution in [0, 0.1) is 0 Å². The molecule has 1 aromatic rings. The number of benzene rings is 1. The Labute approximate surface area is 103 Å². The number of halogens is 2. The molecule has 0 fully saturated rings. The van der Waals surface area contributed by atoms with Crippen LogP contribution in [0.3, 0.4) is 0 Å². The fourth-order valence-corrected chi connectivity index (χ4v) is 1.41. The lowest BCUT2D eigenvalue weighted by Crippen LogP contribution is -2.13. The number of carbonyl (C=O) groups excluding carboxylic acids is 1. The van der Waals surface area contributed by atoms with E-state index in [1.807, 2.05) is 0 Å². The van der Waals surface area contributed by atoms with Crippen molar-refractivity contribution in [2.45, 2.75) is 20.0 Å². The third-order valence-corrected chi connectivity index (χ3v) is 2.20. The van der Waals surface area contributed by atoms with Crippen LogP contribution in [-0.4, -0.2) is 19.2 Å². The zero-order valence-corrected chi connectivity index (χ0v) is 9.78. The minimum absolute atomic E-state index is 0.0802. The van der Waals surface area contributed by atoms with Gasteiger partial charge in [0.05, 0.1) is 18.7 Å².